The van der Waals surface area contributed by atoms with Crippen LogP contribution in [0.15, 0.2) is 46.9 Å². The second-order valence-corrected chi connectivity index (χ2v) is 9.77. The molecule has 0 aliphatic carbocycles. The lowest BCUT2D eigenvalue weighted by Gasteiger charge is -2.28. The van der Waals surface area contributed by atoms with Crippen LogP contribution in [-0.2, 0) is 20.7 Å². The molecule has 5 rings (SSSR count). The number of carbonyl (C=O) groups excluding carboxylic acids is 3. The Hall–Kier alpha value is -2.13. The molecule has 160 valence electrons. The minimum absolute atomic E-state index is 0.0740. The fraction of sp³-hybridized carbons (Fsp3) is 0.286. The van der Waals surface area contributed by atoms with Gasteiger partial charge in [0.15, 0.2) is 5.72 Å². The topological polar surface area (TPSA) is 79.0 Å². The molecule has 1 N–H and O–H groups in total. The van der Waals surface area contributed by atoms with E-state index in [0.29, 0.717) is 15.7 Å². The summed E-state index contributed by atoms with van der Waals surface area (Å²) in [5, 5.41) is 3.45. The maximum absolute atomic E-state index is 13.8. The van der Waals surface area contributed by atoms with Gasteiger partial charge in [0.2, 0.25) is 5.91 Å². The highest BCUT2D eigenvalue weighted by atomic mass is 79.9. The van der Waals surface area contributed by atoms with E-state index in [9.17, 15) is 14.4 Å². The van der Waals surface area contributed by atoms with Crippen LogP contribution in [0.5, 0.6) is 0 Å². The summed E-state index contributed by atoms with van der Waals surface area (Å²) in [6.45, 7) is -0.0250. The van der Waals surface area contributed by atoms with Crippen LogP contribution in [0, 0.1) is 0 Å². The molecule has 3 fully saturated rings. The van der Waals surface area contributed by atoms with Crippen molar-refractivity contribution in [2.24, 2.45) is 0 Å². The first-order valence-electron chi connectivity index (χ1n) is 9.53. The lowest BCUT2D eigenvalue weighted by Crippen LogP contribution is -2.49. The van der Waals surface area contributed by atoms with E-state index in [2.05, 4.69) is 21.2 Å². The first kappa shape index (κ1) is 20.8. The standard InChI is InChI=1S/C21H16BrCl2N3O4/c22-13-3-1-12(2-4-13)8-20-10-21(25-17(28)9-31-21)11-26(20)19(30)27(18(20)29)16-6-14(23)5-15(24)7-16/h1-7H,8-11H2,(H,25,28)/t20-,21+/m0/s1. The molecule has 2 atom stereocenters. The second-order valence-electron chi connectivity index (χ2n) is 7.98. The molecule has 0 saturated carbocycles. The van der Waals surface area contributed by atoms with Gasteiger partial charge in [-0.1, -0.05) is 51.3 Å². The number of ether oxygens (including phenoxy) is 1. The number of hydrogen-bond acceptors (Lipinski definition) is 4. The molecule has 0 radical (unpaired) electrons. The zero-order valence-corrected chi connectivity index (χ0v) is 19.1. The number of fused-ring (bicyclic) bond motifs is 1. The number of urea groups is 1. The van der Waals surface area contributed by atoms with Crippen LogP contribution in [0.25, 0.3) is 0 Å². The Kier molecular flexibility index (Phi) is 4.82. The molecule has 3 heterocycles. The van der Waals surface area contributed by atoms with Crippen molar-refractivity contribution in [1.82, 2.24) is 10.2 Å². The van der Waals surface area contributed by atoms with Crippen LogP contribution < -0.4 is 10.2 Å². The number of hydrogen-bond donors (Lipinski definition) is 1. The zero-order chi connectivity index (χ0) is 22.0. The van der Waals surface area contributed by atoms with E-state index in [-0.39, 0.29) is 31.9 Å². The smallest absolute Gasteiger partial charge is 0.332 e. The molecule has 10 heteroatoms. The van der Waals surface area contributed by atoms with Gasteiger partial charge in [-0.05, 0) is 35.9 Å². The summed E-state index contributed by atoms with van der Waals surface area (Å²) < 4.78 is 6.64. The van der Waals surface area contributed by atoms with Gasteiger partial charge >= 0.3 is 6.03 Å². The SMILES string of the molecule is O=C1CO[C@]2(CN3C(=O)N(c4cc(Cl)cc(Cl)c4)C(=O)[C@]3(Cc3ccc(Br)cc3)C2)N1. The number of amides is 4. The maximum Gasteiger partial charge on any atom is 0.332 e. The number of nitrogens with one attached hydrogen (secondary N) is 1. The zero-order valence-electron chi connectivity index (χ0n) is 16.0. The Balaban J connectivity index is 1.59. The van der Waals surface area contributed by atoms with Gasteiger partial charge in [0, 0.05) is 27.4 Å². The summed E-state index contributed by atoms with van der Waals surface area (Å²) in [6.07, 6.45) is 0.424. The minimum Gasteiger partial charge on any atom is -0.344 e. The fourth-order valence-electron chi connectivity index (χ4n) is 4.67. The van der Waals surface area contributed by atoms with Crippen LogP contribution in [0.3, 0.4) is 0 Å². The molecule has 3 aliphatic heterocycles. The highest BCUT2D eigenvalue weighted by Crippen LogP contribution is 2.47. The number of imide groups is 1. The van der Waals surface area contributed by atoms with E-state index in [1.54, 1.807) is 0 Å². The molecule has 3 saturated heterocycles. The third-order valence-electron chi connectivity index (χ3n) is 5.89. The van der Waals surface area contributed by atoms with Crippen LogP contribution in [0.1, 0.15) is 12.0 Å². The van der Waals surface area contributed by atoms with Crippen LogP contribution >= 0.6 is 39.1 Å². The molecule has 4 amide bonds. The molecule has 31 heavy (non-hydrogen) atoms. The average molecular weight is 525 g/mol. The minimum atomic E-state index is -1.21. The summed E-state index contributed by atoms with van der Waals surface area (Å²) >= 11 is 15.6. The van der Waals surface area contributed by atoms with Gasteiger partial charge in [0.05, 0.1) is 12.2 Å². The molecule has 0 aromatic heterocycles. The first-order chi connectivity index (χ1) is 14.7. The van der Waals surface area contributed by atoms with Crippen LogP contribution in [0.4, 0.5) is 10.5 Å². The number of rotatable bonds is 3. The maximum atomic E-state index is 13.8. The van der Waals surface area contributed by atoms with Crippen molar-refractivity contribution in [1.29, 1.82) is 0 Å². The number of benzene rings is 2. The predicted molar refractivity (Wildman–Crippen MR) is 118 cm³/mol. The van der Waals surface area contributed by atoms with Crippen LogP contribution in [-0.4, -0.2) is 47.2 Å². The van der Waals surface area contributed by atoms with Crippen molar-refractivity contribution >= 4 is 62.7 Å². The van der Waals surface area contributed by atoms with Crippen molar-refractivity contribution in [2.75, 3.05) is 18.1 Å². The third-order valence-corrected chi connectivity index (χ3v) is 6.86. The van der Waals surface area contributed by atoms with E-state index in [4.69, 9.17) is 27.9 Å². The Morgan fingerprint density at radius 2 is 1.74 bits per heavy atom. The van der Waals surface area contributed by atoms with Crippen LogP contribution in [0.2, 0.25) is 10.0 Å². The Morgan fingerprint density at radius 1 is 1.06 bits per heavy atom. The monoisotopic (exact) mass is 523 g/mol. The lowest BCUT2D eigenvalue weighted by molar-refractivity contribution is -0.124. The van der Waals surface area contributed by atoms with Crippen molar-refractivity contribution in [3.8, 4) is 0 Å². The molecule has 0 bridgehead atoms. The van der Waals surface area contributed by atoms with Gasteiger partial charge in [0.25, 0.3) is 5.91 Å². The Bertz CT molecular complexity index is 1110. The van der Waals surface area contributed by atoms with Gasteiger partial charge in [-0.2, -0.15) is 0 Å². The van der Waals surface area contributed by atoms with E-state index < -0.39 is 23.2 Å². The van der Waals surface area contributed by atoms with Gasteiger partial charge in [-0.15, -0.1) is 0 Å². The number of carbonyl (C=O) groups is 3. The third kappa shape index (κ3) is 3.33. The van der Waals surface area contributed by atoms with Crippen molar-refractivity contribution < 1.29 is 19.1 Å². The highest BCUT2D eigenvalue weighted by molar-refractivity contribution is 9.10. The largest absolute Gasteiger partial charge is 0.344 e. The van der Waals surface area contributed by atoms with Gasteiger partial charge in [0.1, 0.15) is 12.1 Å². The molecular formula is C21H16BrCl2N3O4. The first-order valence-corrected chi connectivity index (χ1v) is 11.1. The van der Waals surface area contributed by atoms with Gasteiger partial charge in [-0.3, -0.25) is 9.59 Å². The average Bonchev–Trinajstić information content (AvgIpc) is 3.28. The summed E-state index contributed by atoms with van der Waals surface area (Å²) in [5.41, 5.74) is -1.10. The van der Waals surface area contributed by atoms with Gasteiger partial charge in [-0.25, -0.2) is 9.69 Å². The van der Waals surface area contributed by atoms with E-state index in [0.717, 1.165) is 14.9 Å². The van der Waals surface area contributed by atoms with Gasteiger partial charge < -0.3 is 15.0 Å². The summed E-state index contributed by atoms with van der Waals surface area (Å²) in [5.74, 6) is -0.668. The summed E-state index contributed by atoms with van der Waals surface area (Å²) in [7, 11) is 0. The highest BCUT2D eigenvalue weighted by Gasteiger charge is 2.68. The summed E-state index contributed by atoms with van der Waals surface area (Å²) in [4.78, 5) is 41.8. The van der Waals surface area contributed by atoms with Crippen molar-refractivity contribution in [3.05, 3.63) is 62.5 Å². The predicted octanol–water partition coefficient (Wildman–Crippen LogP) is 3.75. The fourth-order valence-corrected chi connectivity index (χ4v) is 5.45. The van der Waals surface area contributed by atoms with E-state index in [1.807, 2.05) is 24.3 Å². The van der Waals surface area contributed by atoms with E-state index >= 15 is 0 Å². The number of anilines is 1. The summed E-state index contributed by atoms with van der Waals surface area (Å²) in [6, 6.07) is 11.6. The second kappa shape index (κ2) is 7.20. The lowest BCUT2D eigenvalue weighted by atomic mass is 9.86. The number of halogens is 3. The molecular weight excluding hydrogens is 509 g/mol. The Labute approximate surface area is 196 Å². The molecule has 2 aromatic rings. The molecule has 7 nitrogen and oxygen atoms in total. The molecule has 3 aliphatic rings. The number of nitrogens with zero attached hydrogens (tertiary/aromatic N) is 2. The Morgan fingerprint density at radius 3 is 2.35 bits per heavy atom. The van der Waals surface area contributed by atoms with Crippen molar-refractivity contribution in [2.45, 2.75) is 24.1 Å². The normalized spacial score (nSPS) is 27.4. The quantitative estimate of drug-likeness (QED) is 0.620. The molecule has 1 spiro atoms. The molecule has 0 unspecified atom stereocenters. The molecule has 2 aromatic carbocycles. The van der Waals surface area contributed by atoms with E-state index in [1.165, 1.54) is 23.1 Å². The van der Waals surface area contributed by atoms with Crippen molar-refractivity contribution in [3.63, 3.8) is 0 Å².